The van der Waals surface area contributed by atoms with Gasteiger partial charge in [0.15, 0.2) is 11.8 Å². The molecule has 1 amide bonds. The van der Waals surface area contributed by atoms with Crippen molar-refractivity contribution in [1.29, 1.82) is 0 Å². The van der Waals surface area contributed by atoms with E-state index in [-0.39, 0.29) is 10.0 Å². The van der Waals surface area contributed by atoms with Gasteiger partial charge in [0.25, 0.3) is 0 Å². The molecule has 0 aliphatic carbocycles. The van der Waals surface area contributed by atoms with E-state index < -0.39 is 6.09 Å². The highest BCUT2D eigenvalue weighted by Crippen LogP contribution is 2.36. The number of nitrogens with zero attached hydrogens (tertiary/aromatic N) is 4. The summed E-state index contributed by atoms with van der Waals surface area (Å²) in [5, 5.41) is 11.1. The average molecular weight is 267 g/mol. The molecule has 3 heterocycles. The van der Waals surface area contributed by atoms with Crippen molar-refractivity contribution in [2.75, 3.05) is 6.54 Å². The number of aliphatic imine (C=N–C) groups is 2. The summed E-state index contributed by atoms with van der Waals surface area (Å²) < 4.78 is -0.0732. The standard InChI is InChI=1S/C11H11ClN4O2/c12-16-5-3-13-6-9(16)10(14-7-16)8-2-1-4-15(8)11(17)18/h3,5-8H,1-2,4H2. The van der Waals surface area contributed by atoms with E-state index in [1.54, 1.807) is 25.0 Å². The lowest BCUT2D eigenvalue weighted by atomic mass is 10.1. The normalized spacial score (nSPS) is 33.4. The fraction of sp³-hybridized carbons (Fsp3) is 0.364. The number of fused-ring (bicyclic) bond motifs is 1. The van der Waals surface area contributed by atoms with Crippen molar-refractivity contribution in [2.45, 2.75) is 18.9 Å². The smallest absolute Gasteiger partial charge is 0.218 e. The van der Waals surface area contributed by atoms with E-state index in [1.165, 1.54) is 4.90 Å². The van der Waals surface area contributed by atoms with Crippen LogP contribution in [0.25, 0.3) is 0 Å². The van der Waals surface area contributed by atoms with Gasteiger partial charge in [-0.1, -0.05) is 0 Å². The first-order valence-corrected chi connectivity index (χ1v) is 6.02. The summed E-state index contributed by atoms with van der Waals surface area (Å²) >= 11 is 6.34. The summed E-state index contributed by atoms with van der Waals surface area (Å²) in [5.41, 5.74) is 1.37. The Labute approximate surface area is 109 Å². The van der Waals surface area contributed by atoms with Gasteiger partial charge in [0.1, 0.15) is 18.0 Å². The van der Waals surface area contributed by atoms with Crippen LogP contribution >= 0.6 is 11.8 Å². The van der Waals surface area contributed by atoms with Crippen molar-refractivity contribution in [2.24, 2.45) is 9.98 Å². The first-order chi connectivity index (χ1) is 8.62. The molecular formula is C11H11ClN4O2. The molecule has 0 N–H and O–H groups in total. The van der Waals surface area contributed by atoms with Crippen LogP contribution in [0.5, 0.6) is 0 Å². The molecule has 3 aliphatic rings. The van der Waals surface area contributed by atoms with Gasteiger partial charge in [-0.3, -0.25) is 4.99 Å². The van der Waals surface area contributed by atoms with Gasteiger partial charge >= 0.3 is 0 Å². The number of quaternary nitrogens is 1. The predicted octanol–water partition coefficient (Wildman–Crippen LogP) is 0.574. The molecule has 0 aromatic heterocycles. The van der Waals surface area contributed by atoms with Crippen molar-refractivity contribution in [1.82, 2.24) is 4.90 Å². The van der Waals surface area contributed by atoms with Crippen molar-refractivity contribution in [3.8, 4) is 0 Å². The summed E-state index contributed by atoms with van der Waals surface area (Å²) in [6.07, 6.45) is 6.85. The first kappa shape index (κ1) is 11.4. The highest BCUT2D eigenvalue weighted by Gasteiger charge is 2.42. The molecule has 2 atom stereocenters. The zero-order valence-electron chi connectivity index (χ0n) is 9.49. The number of carbonyl (C=O) groups is 1. The van der Waals surface area contributed by atoms with Crippen LogP contribution in [0.2, 0.25) is 0 Å². The minimum Gasteiger partial charge on any atom is -0.530 e. The Kier molecular flexibility index (Phi) is 2.49. The largest absolute Gasteiger partial charge is 0.530 e. The number of amides is 1. The lowest BCUT2D eigenvalue weighted by molar-refractivity contribution is -0.592. The van der Waals surface area contributed by atoms with Gasteiger partial charge in [0.2, 0.25) is 12.0 Å². The van der Waals surface area contributed by atoms with Gasteiger partial charge in [0, 0.05) is 6.54 Å². The third-order valence-corrected chi connectivity index (χ3v) is 3.75. The van der Waals surface area contributed by atoms with Gasteiger partial charge in [0.05, 0.1) is 18.5 Å². The third-order valence-electron chi connectivity index (χ3n) is 3.37. The Morgan fingerprint density at radius 2 is 2.44 bits per heavy atom. The van der Waals surface area contributed by atoms with Gasteiger partial charge in [-0.05, 0) is 12.8 Å². The summed E-state index contributed by atoms with van der Waals surface area (Å²) in [7, 11) is 0. The Balaban J connectivity index is 2.00. The monoisotopic (exact) mass is 266 g/mol. The molecule has 1 saturated heterocycles. The van der Waals surface area contributed by atoms with E-state index in [1.807, 2.05) is 0 Å². The van der Waals surface area contributed by atoms with E-state index in [9.17, 15) is 9.90 Å². The molecule has 3 aliphatic heterocycles. The first-order valence-electron chi connectivity index (χ1n) is 5.68. The fourth-order valence-electron chi connectivity index (χ4n) is 2.50. The molecular weight excluding hydrogens is 256 g/mol. The van der Waals surface area contributed by atoms with E-state index in [2.05, 4.69) is 9.98 Å². The predicted molar refractivity (Wildman–Crippen MR) is 64.4 cm³/mol. The van der Waals surface area contributed by atoms with Crippen LogP contribution in [0.1, 0.15) is 12.8 Å². The van der Waals surface area contributed by atoms with E-state index >= 15 is 0 Å². The van der Waals surface area contributed by atoms with Crippen LogP contribution in [-0.2, 0) is 0 Å². The molecule has 0 bridgehead atoms. The summed E-state index contributed by atoms with van der Waals surface area (Å²) in [6.45, 7) is 0.481. The van der Waals surface area contributed by atoms with Crippen LogP contribution in [0.4, 0.5) is 4.79 Å². The molecule has 0 spiro atoms. The van der Waals surface area contributed by atoms with Gasteiger partial charge < -0.3 is 14.8 Å². The van der Waals surface area contributed by atoms with Gasteiger partial charge in [-0.25, -0.2) is 0 Å². The molecule has 2 unspecified atom stereocenters. The topological polar surface area (TPSA) is 68.1 Å². The number of carboxylic acid groups (broad SMARTS) is 1. The highest BCUT2D eigenvalue weighted by atomic mass is 35.5. The third kappa shape index (κ3) is 1.57. The maximum atomic E-state index is 11.1. The van der Waals surface area contributed by atoms with Crippen LogP contribution in [0, 0.1) is 0 Å². The number of halogens is 1. The molecule has 6 nitrogen and oxygen atoms in total. The van der Waals surface area contributed by atoms with Crippen LogP contribution in [0.15, 0.2) is 33.8 Å². The van der Waals surface area contributed by atoms with Crippen molar-refractivity contribution < 1.29 is 13.9 Å². The minimum absolute atomic E-state index is 0.0732. The molecule has 1 fully saturated rings. The van der Waals surface area contributed by atoms with E-state index in [0.29, 0.717) is 17.9 Å². The second-order valence-corrected chi connectivity index (χ2v) is 4.96. The SMILES string of the molecule is O=C([O-])N1CCCC1C1=C2C=NC=C[N+]2(Cl)C=N1. The van der Waals surface area contributed by atoms with E-state index in [4.69, 9.17) is 11.8 Å². The Hall–Kier alpha value is -1.66. The van der Waals surface area contributed by atoms with E-state index in [0.717, 1.165) is 12.8 Å². The molecule has 7 heteroatoms. The Morgan fingerprint density at radius 1 is 1.61 bits per heavy atom. The van der Waals surface area contributed by atoms with Crippen molar-refractivity contribution in [3.63, 3.8) is 0 Å². The lowest BCUT2D eigenvalue weighted by Crippen LogP contribution is -2.45. The maximum Gasteiger partial charge on any atom is 0.218 e. The number of likely N-dealkylation sites (tertiary alicyclic amines) is 1. The molecule has 94 valence electrons. The Morgan fingerprint density at radius 3 is 3.22 bits per heavy atom. The second-order valence-electron chi connectivity index (χ2n) is 4.40. The zero-order valence-corrected chi connectivity index (χ0v) is 10.2. The number of rotatable bonds is 1. The highest BCUT2D eigenvalue weighted by molar-refractivity contribution is 6.14. The molecule has 0 radical (unpaired) electrons. The molecule has 0 saturated carbocycles. The molecule has 0 aromatic carbocycles. The molecule has 18 heavy (non-hydrogen) atoms. The number of allylic oxidation sites excluding steroid dienone is 1. The lowest BCUT2D eigenvalue weighted by Gasteiger charge is -2.27. The van der Waals surface area contributed by atoms with Crippen LogP contribution in [-0.4, -0.2) is 40.1 Å². The molecule has 0 aromatic rings. The Bertz CT molecular complexity index is 525. The zero-order chi connectivity index (χ0) is 12.8. The number of hydrogen-bond acceptors (Lipinski definition) is 4. The fourth-order valence-corrected chi connectivity index (χ4v) is 2.72. The molecule has 3 rings (SSSR count). The minimum atomic E-state index is -1.16. The van der Waals surface area contributed by atoms with Gasteiger partial charge in [-0.2, -0.15) is 4.99 Å². The van der Waals surface area contributed by atoms with Crippen molar-refractivity contribution >= 4 is 30.4 Å². The summed E-state index contributed by atoms with van der Waals surface area (Å²) in [6, 6.07) is -0.280. The second kappa shape index (κ2) is 3.93. The van der Waals surface area contributed by atoms with Crippen molar-refractivity contribution in [3.05, 3.63) is 23.8 Å². The quantitative estimate of drug-likeness (QED) is 0.651. The number of carbonyl (C=O) groups excluding carboxylic acids is 1. The summed E-state index contributed by atoms with van der Waals surface area (Å²) in [4.78, 5) is 20.7. The van der Waals surface area contributed by atoms with Crippen LogP contribution < -0.4 is 5.11 Å². The maximum absolute atomic E-state index is 11.1. The van der Waals surface area contributed by atoms with Gasteiger partial charge in [-0.15, -0.1) is 4.00 Å². The van der Waals surface area contributed by atoms with Crippen LogP contribution in [0.3, 0.4) is 0 Å². The summed E-state index contributed by atoms with van der Waals surface area (Å²) in [5.74, 6) is 0. The average Bonchev–Trinajstić information content (AvgIpc) is 2.91. The number of hydrogen-bond donors (Lipinski definition) is 0.